The monoisotopic (exact) mass is 537 g/mol. The molecule has 29 heavy (non-hydrogen) atoms. The van der Waals surface area contributed by atoms with Crippen LogP contribution in [0.15, 0.2) is 28.1 Å². The van der Waals surface area contributed by atoms with E-state index >= 15 is 0 Å². The fourth-order valence-electron chi connectivity index (χ4n) is 3.57. The van der Waals surface area contributed by atoms with Crippen LogP contribution in [0.3, 0.4) is 0 Å². The lowest BCUT2D eigenvalue weighted by molar-refractivity contribution is -0.113. The lowest BCUT2D eigenvalue weighted by Gasteiger charge is -2.52. The molecule has 0 aliphatic heterocycles. The Balaban J connectivity index is 0.00000420. The van der Waals surface area contributed by atoms with Crippen molar-refractivity contribution < 1.29 is 13.2 Å². The molecular formula is C21H36IN3O3S. The van der Waals surface area contributed by atoms with Gasteiger partial charge in [0.05, 0.1) is 11.0 Å². The summed E-state index contributed by atoms with van der Waals surface area (Å²) in [6.07, 6.45) is 4.74. The van der Waals surface area contributed by atoms with Crippen molar-refractivity contribution in [2.24, 2.45) is 10.4 Å². The van der Waals surface area contributed by atoms with E-state index in [-0.39, 0.29) is 35.5 Å². The van der Waals surface area contributed by atoms with E-state index in [2.05, 4.69) is 36.4 Å². The van der Waals surface area contributed by atoms with Gasteiger partial charge in [0.15, 0.2) is 15.8 Å². The van der Waals surface area contributed by atoms with Crippen molar-refractivity contribution in [1.29, 1.82) is 0 Å². The molecule has 0 bridgehead atoms. The number of aliphatic imine (C=N–C) groups is 1. The zero-order chi connectivity index (χ0) is 20.9. The second-order valence-electron chi connectivity index (χ2n) is 8.26. The van der Waals surface area contributed by atoms with Gasteiger partial charge in [-0.15, -0.1) is 24.0 Å². The van der Waals surface area contributed by atoms with Crippen LogP contribution < -0.4 is 10.6 Å². The fourth-order valence-corrected chi connectivity index (χ4v) is 4.53. The average Bonchev–Trinajstić information content (AvgIpc) is 2.61. The Kier molecular flexibility index (Phi) is 9.88. The summed E-state index contributed by atoms with van der Waals surface area (Å²) in [5, 5.41) is 6.82. The Hall–Kier alpha value is -0.870. The van der Waals surface area contributed by atoms with Crippen molar-refractivity contribution in [2.75, 3.05) is 19.9 Å². The van der Waals surface area contributed by atoms with Gasteiger partial charge in [0.2, 0.25) is 0 Å². The molecule has 1 saturated carbocycles. The first-order valence-corrected chi connectivity index (χ1v) is 11.9. The van der Waals surface area contributed by atoms with Crippen molar-refractivity contribution in [3.8, 4) is 0 Å². The number of guanidine groups is 1. The zero-order valence-corrected chi connectivity index (χ0v) is 21.6. The number of ether oxygens (including phenoxy) is 1. The van der Waals surface area contributed by atoms with Gasteiger partial charge in [0.1, 0.15) is 0 Å². The summed E-state index contributed by atoms with van der Waals surface area (Å²) in [4.78, 5) is 4.71. The average molecular weight is 538 g/mol. The van der Waals surface area contributed by atoms with Crippen molar-refractivity contribution >= 4 is 39.8 Å². The Morgan fingerprint density at radius 3 is 2.55 bits per heavy atom. The molecule has 1 aromatic carbocycles. The van der Waals surface area contributed by atoms with Gasteiger partial charge in [-0.05, 0) is 37.0 Å². The smallest absolute Gasteiger partial charge is 0.191 e. The van der Waals surface area contributed by atoms with Crippen LogP contribution >= 0.6 is 24.0 Å². The number of hydrogen-bond acceptors (Lipinski definition) is 4. The molecule has 1 aromatic rings. The normalized spacial score (nSPS) is 21.1. The summed E-state index contributed by atoms with van der Waals surface area (Å²) >= 11 is 0. The first-order chi connectivity index (χ1) is 13.1. The van der Waals surface area contributed by atoms with E-state index in [4.69, 9.17) is 4.74 Å². The molecule has 2 rings (SSSR count). The Morgan fingerprint density at radius 1 is 1.34 bits per heavy atom. The van der Waals surface area contributed by atoms with Gasteiger partial charge in [-0.25, -0.2) is 8.42 Å². The quantitative estimate of drug-likeness (QED) is 0.229. The maximum absolute atomic E-state index is 11.8. The molecule has 0 amide bonds. The van der Waals surface area contributed by atoms with Crippen LogP contribution in [-0.4, -0.2) is 46.4 Å². The number of sulfone groups is 1. The molecule has 1 aliphatic rings. The van der Waals surface area contributed by atoms with E-state index in [1.165, 1.54) is 6.26 Å². The highest BCUT2D eigenvalue weighted by molar-refractivity contribution is 14.0. The SMILES string of the molecule is CCCCOC1CC(NC(=NC)NCc2ccc(S(C)(=O)=O)c(C)c2)C1(C)C.I. The predicted octanol–water partition coefficient (Wildman–Crippen LogP) is 3.67. The number of nitrogens with zero attached hydrogens (tertiary/aromatic N) is 1. The Morgan fingerprint density at radius 2 is 2.03 bits per heavy atom. The molecule has 8 heteroatoms. The van der Waals surface area contributed by atoms with Gasteiger partial charge in [-0.1, -0.05) is 39.3 Å². The summed E-state index contributed by atoms with van der Waals surface area (Å²) in [6.45, 7) is 9.85. The van der Waals surface area contributed by atoms with Crippen molar-refractivity contribution in [1.82, 2.24) is 10.6 Å². The van der Waals surface area contributed by atoms with Crippen molar-refractivity contribution in [3.05, 3.63) is 29.3 Å². The number of unbranched alkanes of at least 4 members (excludes halogenated alkanes) is 1. The molecule has 0 radical (unpaired) electrons. The van der Waals surface area contributed by atoms with E-state index < -0.39 is 9.84 Å². The van der Waals surface area contributed by atoms with Crippen LogP contribution in [0.5, 0.6) is 0 Å². The molecule has 0 saturated heterocycles. The van der Waals surface area contributed by atoms with Crippen LogP contribution in [0.25, 0.3) is 0 Å². The maximum Gasteiger partial charge on any atom is 0.191 e. The number of benzene rings is 1. The second-order valence-corrected chi connectivity index (χ2v) is 10.2. The summed E-state index contributed by atoms with van der Waals surface area (Å²) in [6, 6.07) is 5.72. The minimum absolute atomic E-state index is 0. The molecule has 2 atom stereocenters. The summed E-state index contributed by atoms with van der Waals surface area (Å²) < 4.78 is 29.5. The van der Waals surface area contributed by atoms with Crippen molar-refractivity contribution in [3.63, 3.8) is 0 Å². The van der Waals surface area contributed by atoms with E-state index in [9.17, 15) is 8.42 Å². The number of halogens is 1. The van der Waals surface area contributed by atoms with Gasteiger partial charge < -0.3 is 15.4 Å². The molecule has 0 spiro atoms. The van der Waals surface area contributed by atoms with Gasteiger partial charge in [-0.3, -0.25) is 4.99 Å². The maximum atomic E-state index is 11.8. The number of hydrogen-bond donors (Lipinski definition) is 2. The van der Waals surface area contributed by atoms with E-state index in [1.54, 1.807) is 13.1 Å². The van der Waals surface area contributed by atoms with Gasteiger partial charge >= 0.3 is 0 Å². The van der Waals surface area contributed by atoms with E-state index in [1.807, 2.05) is 19.1 Å². The number of aryl methyl sites for hydroxylation is 1. The fraction of sp³-hybridized carbons (Fsp3) is 0.667. The summed E-state index contributed by atoms with van der Waals surface area (Å²) in [5.41, 5.74) is 1.83. The van der Waals surface area contributed by atoms with Crippen LogP contribution in [0.2, 0.25) is 0 Å². The molecule has 0 heterocycles. The number of nitrogens with one attached hydrogen (secondary N) is 2. The van der Waals surface area contributed by atoms with E-state index in [0.29, 0.717) is 17.5 Å². The molecule has 0 aromatic heterocycles. The van der Waals surface area contributed by atoms with E-state index in [0.717, 1.165) is 43.0 Å². The predicted molar refractivity (Wildman–Crippen MR) is 130 cm³/mol. The lowest BCUT2D eigenvalue weighted by Crippen LogP contribution is -2.63. The van der Waals surface area contributed by atoms with Crippen LogP contribution in [0, 0.1) is 12.3 Å². The van der Waals surface area contributed by atoms with Crippen LogP contribution in [0.4, 0.5) is 0 Å². The third kappa shape index (κ3) is 6.82. The third-order valence-corrected chi connectivity index (χ3v) is 6.88. The summed E-state index contributed by atoms with van der Waals surface area (Å²) in [5.74, 6) is 0.745. The lowest BCUT2D eigenvalue weighted by atomic mass is 9.64. The molecule has 2 unspecified atom stereocenters. The first-order valence-electron chi connectivity index (χ1n) is 9.98. The van der Waals surface area contributed by atoms with Gasteiger partial charge in [0.25, 0.3) is 0 Å². The minimum atomic E-state index is -3.19. The minimum Gasteiger partial charge on any atom is -0.378 e. The first kappa shape index (κ1) is 26.2. The zero-order valence-electron chi connectivity index (χ0n) is 18.4. The second kappa shape index (κ2) is 10.9. The molecule has 166 valence electrons. The van der Waals surface area contributed by atoms with Crippen LogP contribution in [-0.2, 0) is 21.1 Å². The topological polar surface area (TPSA) is 79.8 Å². The Bertz CT molecular complexity index is 809. The molecule has 6 nitrogen and oxygen atoms in total. The number of rotatable bonds is 8. The molecule has 1 aliphatic carbocycles. The van der Waals surface area contributed by atoms with Gasteiger partial charge in [-0.2, -0.15) is 0 Å². The van der Waals surface area contributed by atoms with Crippen LogP contribution in [0.1, 0.15) is 51.2 Å². The Labute approximate surface area is 193 Å². The van der Waals surface area contributed by atoms with Gasteiger partial charge in [0, 0.05) is 37.9 Å². The molecular weight excluding hydrogens is 501 g/mol. The molecule has 2 N–H and O–H groups in total. The highest BCUT2D eigenvalue weighted by atomic mass is 127. The molecule has 1 fully saturated rings. The standard InChI is InChI=1S/C21H35N3O3S.HI/c1-7-8-11-27-19-13-18(21(19,3)4)24-20(22-5)23-14-16-9-10-17(15(2)12-16)28(6,25)26;/h9-10,12,18-19H,7-8,11,13-14H2,1-6H3,(H2,22,23,24);1H. The largest absolute Gasteiger partial charge is 0.378 e. The highest BCUT2D eigenvalue weighted by Gasteiger charge is 2.49. The van der Waals surface area contributed by atoms with Crippen molar-refractivity contribution in [2.45, 2.75) is 70.5 Å². The summed E-state index contributed by atoms with van der Waals surface area (Å²) in [7, 11) is -1.43. The third-order valence-electron chi connectivity index (χ3n) is 5.63. The highest BCUT2D eigenvalue weighted by Crippen LogP contribution is 2.42.